The molecule has 1 heterocycles. The Balaban J connectivity index is 1.73. The predicted octanol–water partition coefficient (Wildman–Crippen LogP) is 3.55. The van der Waals surface area contributed by atoms with Gasteiger partial charge in [-0.05, 0) is 64.5 Å². The van der Waals surface area contributed by atoms with Crippen LogP contribution >= 0.6 is 0 Å². The molecule has 0 atom stereocenters. The fourth-order valence-electron chi connectivity index (χ4n) is 3.49. The van der Waals surface area contributed by atoms with E-state index in [4.69, 9.17) is 0 Å². The fraction of sp³-hybridized carbons (Fsp3) is 0.550. The number of fused-ring (bicyclic) bond motifs is 3. The summed E-state index contributed by atoms with van der Waals surface area (Å²) >= 11 is 0. The zero-order chi connectivity index (χ0) is 15.7. The van der Waals surface area contributed by atoms with Gasteiger partial charge in [0.15, 0.2) is 0 Å². The maximum atomic E-state index is 9.83. The van der Waals surface area contributed by atoms with Crippen molar-refractivity contribution in [3.05, 3.63) is 30.1 Å². The Kier molecular flexibility index (Phi) is 3.75. The third kappa shape index (κ3) is 3.34. The Morgan fingerprint density at radius 2 is 1.45 bits per heavy atom. The molecule has 2 heteroatoms. The summed E-state index contributed by atoms with van der Waals surface area (Å²) in [5, 5.41) is 9.83. The van der Waals surface area contributed by atoms with Crippen LogP contribution in [0, 0.1) is 34.5 Å². The van der Waals surface area contributed by atoms with Crippen molar-refractivity contribution < 1.29 is 5.11 Å². The topological polar surface area (TPSA) is 33.1 Å². The monoisotopic (exact) mass is 293 g/mol. The molecule has 2 bridgehead atoms. The molecule has 1 N–H and O–H groups in total. The minimum Gasteiger partial charge on any atom is -0.378 e. The highest BCUT2D eigenvalue weighted by Gasteiger charge is 2.47. The van der Waals surface area contributed by atoms with Crippen molar-refractivity contribution in [3.63, 3.8) is 0 Å². The Morgan fingerprint density at radius 3 is 1.95 bits per heavy atom. The first-order valence-corrected chi connectivity index (χ1v) is 8.11. The van der Waals surface area contributed by atoms with Crippen LogP contribution < -0.4 is 0 Å². The number of aromatic nitrogens is 1. The molecule has 0 aromatic carbocycles. The van der Waals surface area contributed by atoms with Crippen molar-refractivity contribution in [2.45, 2.75) is 58.0 Å². The molecule has 3 aliphatic rings. The van der Waals surface area contributed by atoms with Crippen LogP contribution in [0.15, 0.2) is 24.5 Å². The quantitative estimate of drug-likeness (QED) is 0.742. The van der Waals surface area contributed by atoms with Crippen LogP contribution in [-0.4, -0.2) is 15.7 Å². The van der Waals surface area contributed by atoms with Crippen LogP contribution in [0.3, 0.4) is 0 Å². The van der Waals surface area contributed by atoms with Gasteiger partial charge in [-0.25, -0.2) is 0 Å². The third-order valence-electron chi connectivity index (χ3n) is 5.03. The zero-order valence-corrected chi connectivity index (χ0v) is 13.4. The lowest BCUT2D eigenvalue weighted by Crippen LogP contribution is -2.40. The van der Waals surface area contributed by atoms with Gasteiger partial charge in [-0.15, -0.1) is 0 Å². The van der Waals surface area contributed by atoms with Crippen molar-refractivity contribution in [1.29, 1.82) is 0 Å². The largest absolute Gasteiger partial charge is 0.378 e. The van der Waals surface area contributed by atoms with E-state index in [2.05, 4.69) is 28.7 Å². The summed E-state index contributed by atoms with van der Waals surface area (Å²) < 4.78 is 0. The van der Waals surface area contributed by atoms with Gasteiger partial charge >= 0.3 is 0 Å². The average Bonchev–Trinajstić information content (AvgIpc) is 2.54. The molecule has 0 saturated heterocycles. The zero-order valence-electron chi connectivity index (χ0n) is 13.4. The summed E-state index contributed by atoms with van der Waals surface area (Å²) in [4.78, 5) is 4.03. The van der Waals surface area contributed by atoms with E-state index >= 15 is 0 Å². The summed E-state index contributed by atoms with van der Waals surface area (Å²) in [5.74, 6) is 13.3. The van der Waals surface area contributed by atoms with E-state index in [-0.39, 0.29) is 10.8 Å². The smallest absolute Gasteiger partial charge is 0.119 e. The van der Waals surface area contributed by atoms with E-state index in [1.54, 1.807) is 26.2 Å². The first kappa shape index (κ1) is 15.1. The average molecular weight is 293 g/mol. The first-order chi connectivity index (χ1) is 10.4. The molecule has 0 amide bonds. The van der Waals surface area contributed by atoms with Crippen LogP contribution in [0.2, 0.25) is 0 Å². The predicted molar refractivity (Wildman–Crippen MR) is 87.8 cm³/mol. The molecule has 0 unspecified atom stereocenters. The second-order valence-electron chi connectivity index (χ2n) is 7.36. The molecule has 3 aliphatic carbocycles. The molecule has 0 aliphatic heterocycles. The normalized spacial score (nSPS) is 30.0. The number of hydrogen-bond donors (Lipinski definition) is 1. The molecule has 1 aromatic rings. The molecule has 3 saturated carbocycles. The van der Waals surface area contributed by atoms with Gasteiger partial charge < -0.3 is 5.11 Å². The molecule has 2 nitrogen and oxygen atoms in total. The van der Waals surface area contributed by atoms with Gasteiger partial charge in [-0.1, -0.05) is 23.7 Å². The van der Waals surface area contributed by atoms with E-state index in [1.165, 1.54) is 0 Å². The SMILES string of the molecule is CC(C)(O)C#CC12CCC(C#Cc3ccncc3)(CC1)CC2. The molecular formula is C20H23NO. The van der Waals surface area contributed by atoms with Gasteiger partial charge in [-0.2, -0.15) is 0 Å². The molecule has 3 fully saturated rings. The highest BCUT2D eigenvalue weighted by Crippen LogP contribution is 2.56. The van der Waals surface area contributed by atoms with Gasteiger partial charge in [0.2, 0.25) is 0 Å². The van der Waals surface area contributed by atoms with Crippen molar-refractivity contribution in [2.75, 3.05) is 0 Å². The maximum Gasteiger partial charge on any atom is 0.119 e. The minimum absolute atomic E-state index is 0.125. The molecule has 0 radical (unpaired) electrons. The molecule has 22 heavy (non-hydrogen) atoms. The van der Waals surface area contributed by atoms with Crippen LogP contribution in [-0.2, 0) is 0 Å². The standard InChI is InChI=1S/C20H23NO/c1-18(2,22)7-8-20-12-9-19(10-13-20,11-14-20)6-3-17-4-15-21-16-5-17/h4-5,15-16,22H,9-14H2,1-2H3. The second-order valence-corrected chi connectivity index (χ2v) is 7.36. The van der Waals surface area contributed by atoms with Gasteiger partial charge in [0.05, 0.1) is 0 Å². The maximum absolute atomic E-state index is 9.83. The van der Waals surface area contributed by atoms with E-state index < -0.39 is 5.60 Å². The number of rotatable bonds is 0. The molecule has 4 rings (SSSR count). The van der Waals surface area contributed by atoms with Crippen molar-refractivity contribution in [1.82, 2.24) is 4.98 Å². The fourth-order valence-corrected chi connectivity index (χ4v) is 3.49. The number of aliphatic hydroxyl groups is 1. The molecule has 1 aromatic heterocycles. The lowest BCUT2D eigenvalue weighted by molar-refractivity contribution is 0.0706. The van der Waals surface area contributed by atoms with Crippen LogP contribution in [0.1, 0.15) is 57.9 Å². The summed E-state index contributed by atoms with van der Waals surface area (Å²) in [5.41, 5.74) is 0.470. The van der Waals surface area contributed by atoms with Gasteiger partial charge in [0.25, 0.3) is 0 Å². The van der Waals surface area contributed by atoms with Gasteiger partial charge in [0.1, 0.15) is 5.60 Å². The van der Waals surface area contributed by atoms with Crippen molar-refractivity contribution in [3.8, 4) is 23.7 Å². The Hall–Kier alpha value is -1.77. The van der Waals surface area contributed by atoms with E-state index in [9.17, 15) is 5.11 Å². The highest BCUT2D eigenvalue weighted by atomic mass is 16.3. The summed E-state index contributed by atoms with van der Waals surface area (Å²) in [6.45, 7) is 3.51. The third-order valence-corrected chi connectivity index (χ3v) is 5.03. The van der Waals surface area contributed by atoms with Crippen molar-refractivity contribution in [2.24, 2.45) is 10.8 Å². The summed E-state index contributed by atoms with van der Waals surface area (Å²) in [6.07, 6.45) is 10.3. The van der Waals surface area contributed by atoms with Gasteiger partial charge in [-0.3, -0.25) is 4.98 Å². The van der Waals surface area contributed by atoms with E-state index in [0.717, 1.165) is 44.1 Å². The molecular weight excluding hydrogens is 270 g/mol. The minimum atomic E-state index is -0.887. The van der Waals surface area contributed by atoms with E-state index in [0.29, 0.717) is 0 Å². The van der Waals surface area contributed by atoms with Crippen LogP contribution in [0.5, 0.6) is 0 Å². The lowest BCUT2D eigenvalue weighted by atomic mass is 9.54. The molecule has 114 valence electrons. The van der Waals surface area contributed by atoms with Crippen molar-refractivity contribution >= 4 is 0 Å². The highest BCUT2D eigenvalue weighted by molar-refractivity contribution is 5.35. The molecule has 0 spiro atoms. The van der Waals surface area contributed by atoms with E-state index in [1.807, 2.05) is 12.1 Å². The summed E-state index contributed by atoms with van der Waals surface area (Å²) in [7, 11) is 0. The van der Waals surface area contributed by atoms with Crippen LogP contribution in [0.4, 0.5) is 0 Å². The number of hydrogen-bond acceptors (Lipinski definition) is 2. The lowest BCUT2D eigenvalue weighted by Gasteiger charge is -2.49. The second kappa shape index (κ2) is 5.45. The number of nitrogens with zero attached hydrogens (tertiary/aromatic N) is 1. The Morgan fingerprint density at radius 1 is 0.955 bits per heavy atom. The Labute approximate surface area is 133 Å². The summed E-state index contributed by atoms with van der Waals surface area (Å²) in [6, 6.07) is 3.93. The number of pyridine rings is 1. The van der Waals surface area contributed by atoms with Gasteiger partial charge in [0, 0.05) is 28.8 Å². The Bertz CT molecular complexity index is 636. The first-order valence-electron chi connectivity index (χ1n) is 8.11. The van der Waals surface area contributed by atoms with Crippen LogP contribution in [0.25, 0.3) is 0 Å².